The second-order valence-electron chi connectivity index (χ2n) is 8.05. The van der Waals surface area contributed by atoms with Gasteiger partial charge in [0.1, 0.15) is 0 Å². The summed E-state index contributed by atoms with van der Waals surface area (Å²) in [6.07, 6.45) is 4.44. The SMILES string of the molecule is Cc1cc2c(cc1CN1C(=O)CC(=Cc3ccc(N4CCCC4)cc3)C1=O)OCO2. The number of aryl methyl sites for hydroxylation is 1. The molecule has 0 aliphatic carbocycles. The third-order valence-electron chi connectivity index (χ3n) is 6.03. The number of benzene rings is 2. The maximum absolute atomic E-state index is 12.9. The van der Waals surface area contributed by atoms with Crippen LogP contribution in [-0.4, -0.2) is 36.6 Å². The molecule has 0 unspecified atom stereocenters. The van der Waals surface area contributed by atoms with Crippen LogP contribution in [0.25, 0.3) is 6.08 Å². The molecule has 0 saturated carbocycles. The van der Waals surface area contributed by atoms with Crippen molar-refractivity contribution in [2.75, 3.05) is 24.8 Å². The van der Waals surface area contributed by atoms with Crippen LogP contribution in [0, 0.1) is 6.92 Å². The maximum atomic E-state index is 12.9. The number of likely N-dealkylation sites (tertiary alicyclic amines) is 1. The lowest BCUT2D eigenvalue weighted by molar-refractivity contribution is -0.138. The summed E-state index contributed by atoms with van der Waals surface area (Å²) < 4.78 is 10.8. The Kier molecular flexibility index (Phi) is 4.69. The molecule has 2 fully saturated rings. The molecule has 154 valence electrons. The molecular weight excluding hydrogens is 380 g/mol. The number of carbonyl (C=O) groups is 2. The summed E-state index contributed by atoms with van der Waals surface area (Å²) in [6.45, 7) is 4.58. The molecule has 0 atom stereocenters. The van der Waals surface area contributed by atoms with E-state index in [1.165, 1.54) is 23.4 Å². The highest BCUT2D eigenvalue weighted by molar-refractivity contribution is 6.15. The monoisotopic (exact) mass is 404 g/mol. The summed E-state index contributed by atoms with van der Waals surface area (Å²) in [4.78, 5) is 29.2. The fourth-order valence-electron chi connectivity index (χ4n) is 4.28. The van der Waals surface area contributed by atoms with E-state index in [0.717, 1.165) is 29.8 Å². The fraction of sp³-hybridized carbons (Fsp3) is 0.333. The summed E-state index contributed by atoms with van der Waals surface area (Å²) >= 11 is 0. The first-order chi connectivity index (χ1) is 14.6. The van der Waals surface area contributed by atoms with Gasteiger partial charge in [-0.25, -0.2) is 0 Å². The maximum Gasteiger partial charge on any atom is 0.257 e. The van der Waals surface area contributed by atoms with Gasteiger partial charge in [0.25, 0.3) is 5.91 Å². The first-order valence-electron chi connectivity index (χ1n) is 10.4. The largest absolute Gasteiger partial charge is 0.454 e. The van der Waals surface area contributed by atoms with Gasteiger partial charge in [0, 0.05) is 24.4 Å². The zero-order chi connectivity index (χ0) is 20.7. The van der Waals surface area contributed by atoms with Crippen molar-refractivity contribution in [3.8, 4) is 11.5 Å². The van der Waals surface area contributed by atoms with Gasteiger partial charge in [0.2, 0.25) is 12.7 Å². The van der Waals surface area contributed by atoms with Crippen molar-refractivity contribution in [1.82, 2.24) is 4.90 Å². The van der Waals surface area contributed by atoms with Crippen LogP contribution in [-0.2, 0) is 16.1 Å². The van der Waals surface area contributed by atoms with E-state index in [1.54, 1.807) is 0 Å². The van der Waals surface area contributed by atoms with Crippen LogP contribution in [0.5, 0.6) is 11.5 Å². The van der Waals surface area contributed by atoms with Crippen molar-refractivity contribution in [3.05, 3.63) is 58.7 Å². The number of fused-ring (bicyclic) bond motifs is 1. The van der Waals surface area contributed by atoms with Crippen LogP contribution in [0.1, 0.15) is 36.0 Å². The molecule has 3 aliphatic heterocycles. The molecule has 0 radical (unpaired) electrons. The van der Waals surface area contributed by atoms with Gasteiger partial charge in [-0.2, -0.15) is 0 Å². The van der Waals surface area contributed by atoms with Crippen LogP contribution in [0.15, 0.2) is 42.0 Å². The summed E-state index contributed by atoms with van der Waals surface area (Å²) in [5.41, 5.74) is 4.54. The molecule has 0 N–H and O–H groups in total. The number of amides is 2. The van der Waals surface area contributed by atoms with Crippen molar-refractivity contribution >= 4 is 23.6 Å². The molecule has 2 aromatic rings. The van der Waals surface area contributed by atoms with Gasteiger partial charge < -0.3 is 14.4 Å². The lowest BCUT2D eigenvalue weighted by atomic mass is 10.1. The van der Waals surface area contributed by atoms with Crippen molar-refractivity contribution in [3.63, 3.8) is 0 Å². The minimum atomic E-state index is -0.222. The lowest BCUT2D eigenvalue weighted by Gasteiger charge is -2.17. The number of nitrogens with zero attached hydrogens (tertiary/aromatic N) is 2. The Bertz CT molecular complexity index is 1040. The Morgan fingerprint density at radius 1 is 1.00 bits per heavy atom. The third-order valence-corrected chi connectivity index (χ3v) is 6.03. The molecule has 0 spiro atoms. The van der Waals surface area contributed by atoms with Crippen molar-refractivity contribution < 1.29 is 19.1 Å². The van der Waals surface area contributed by atoms with E-state index in [1.807, 2.05) is 37.3 Å². The Balaban J connectivity index is 1.33. The Morgan fingerprint density at radius 2 is 1.70 bits per heavy atom. The van der Waals surface area contributed by atoms with E-state index in [0.29, 0.717) is 17.1 Å². The zero-order valence-electron chi connectivity index (χ0n) is 17.0. The highest BCUT2D eigenvalue weighted by Crippen LogP contribution is 2.35. The summed E-state index contributed by atoms with van der Waals surface area (Å²) in [5, 5.41) is 0. The summed E-state index contributed by atoms with van der Waals surface area (Å²) in [6, 6.07) is 12.0. The first-order valence-corrected chi connectivity index (χ1v) is 10.4. The summed E-state index contributed by atoms with van der Waals surface area (Å²) in [7, 11) is 0. The molecule has 0 aromatic heterocycles. The molecule has 0 bridgehead atoms. The van der Waals surface area contributed by atoms with Crippen LogP contribution in [0.4, 0.5) is 5.69 Å². The van der Waals surface area contributed by atoms with Gasteiger partial charge in [0.15, 0.2) is 11.5 Å². The minimum absolute atomic E-state index is 0.135. The number of imide groups is 1. The Labute approximate surface area is 175 Å². The predicted octanol–water partition coefficient (Wildman–Crippen LogP) is 3.67. The van der Waals surface area contributed by atoms with Gasteiger partial charge in [-0.15, -0.1) is 0 Å². The number of hydrogen-bond acceptors (Lipinski definition) is 5. The van der Waals surface area contributed by atoms with E-state index in [-0.39, 0.29) is 31.6 Å². The van der Waals surface area contributed by atoms with E-state index in [9.17, 15) is 9.59 Å². The van der Waals surface area contributed by atoms with Crippen molar-refractivity contribution in [1.29, 1.82) is 0 Å². The standard InChI is InChI=1S/C24H24N2O4/c1-16-10-21-22(30-15-29-21)12-19(16)14-26-23(27)13-18(24(26)28)11-17-4-6-20(7-5-17)25-8-2-3-9-25/h4-7,10-12H,2-3,8-9,13-15H2,1H3. The van der Waals surface area contributed by atoms with Gasteiger partial charge in [0.05, 0.1) is 13.0 Å². The second-order valence-corrected chi connectivity index (χ2v) is 8.05. The molecule has 3 heterocycles. The first kappa shape index (κ1) is 18.7. The van der Waals surface area contributed by atoms with E-state index in [2.05, 4.69) is 17.0 Å². The molecule has 6 heteroatoms. The van der Waals surface area contributed by atoms with Crippen LogP contribution in [0.3, 0.4) is 0 Å². The smallest absolute Gasteiger partial charge is 0.257 e. The van der Waals surface area contributed by atoms with Crippen LogP contribution >= 0.6 is 0 Å². The number of ether oxygens (including phenoxy) is 2. The Morgan fingerprint density at radius 3 is 2.43 bits per heavy atom. The van der Waals surface area contributed by atoms with Gasteiger partial charge in [-0.3, -0.25) is 14.5 Å². The molecule has 30 heavy (non-hydrogen) atoms. The van der Waals surface area contributed by atoms with Crippen LogP contribution < -0.4 is 14.4 Å². The van der Waals surface area contributed by atoms with Crippen molar-refractivity contribution in [2.45, 2.75) is 32.7 Å². The second kappa shape index (κ2) is 7.52. The van der Waals surface area contributed by atoms with Gasteiger partial charge in [-0.1, -0.05) is 12.1 Å². The van der Waals surface area contributed by atoms with Gasteiger partial charge in [-0.05, 0) is 66.8 Å². The average molecular weight is 404 g/mol. The number of rotatable bonds is 4. The molecular formula is C24H24N2O4. The quantitative estimate of drug-likeness (QED) is 0.575. The fourth-order valence-corrected chi connectivity index (χ4v) is 4.28. The molecule has 2 saturated heterocycles. The summed E-state index contributed by atoms with van der Waals surface area (Å²) in [5.74, 6) is 0.967. The molecule has 3 aliphatic rings. The number of hydrogen-bond donors (Lipinski definition) is 0. The lowest BCUT2D eigenvalue weighted by Crippen LogP contribution is -2.29. The Hall–Kier alpha value is -3.28. The van der Waals surface area contributed by atoms with E-state index < -0.39 is 0 Å². The third kappa shape index (κ3) is 3.43. The molecule has 6 nitrogen and oxygen atoms in total. The molecule has 2 amide bonds. The highest BCUT2D eigenvalue weighted by atomic mass is 16.7. The number of anilines is 1. The van der Waals surface area contributed by atoms with Crippen LogP contribution in [0.2, 0.25) is 0 Å². The topological polar surface area (TPSA) is 59.1 Å². The van der Waals surface area contributed by atoms with E-state index >= 15 is 0 Å². The molecule has 2 aromatic carbocycles. The normalized spacial score (nSPS) is 19.4. The number of carbonyl (C=O) groups excluding carboxylic acids is 2. The predicted molar refractivity (Wildman–Crippen MR) is 113 cm³/mol. The van der Waals surface area contributed by atoms with Crippen molar-refractivity contribution in [2.24, 2.45) is 0 Å². The van der Waals surface area contributed by atoms with E-state index in [4.69, 9.17) is 9.47 Å². The molecule has 5 rings (SSSR count). The average Bonchev–Trinajstić information content (AvgIpc) is 3.47. The minimum Gasteiger partial charge on any atom is -0.454 e. The van der Waals surface area contributed by atoms with Gasteiger partial charge >= 0.3 is 0 Å². The highest BCUT2D eigenvalue weighted by Gasteiger charge is 2.34. The zero-order valence-corrected chi connectivity index (χ0v) is 17.0.